The fourth-order valence-electron chi connectivity index (χ4n) is 1.10. The molecular weight excluding hydrogens is 170 g/mol. The molecule has 2 nitrogen and oxygen atoms in total. The molecule has 0 saturated carbocycles. The van der Waals surface area contributed by atoms with Crippen LogP contribution in [0.5, 0.6) is 5.19 Å². The Morgan fingerprint density at radius 2 is 2.25 bits per heavy atom. The van der Waals surface area contributed by atoms with E-state index in [1.165, 1.54) is 10.3 Å². The number of aromatic nitrogens is 1. The number of methoxy groups -OCH3 is 1. The fraction of sp³-hybridized carbons (Fsp3) is 0.222. The van der Waals surface area contributed by atoms with Crippen molar-refractivity contribution in [3.63, 3.8) is 0 Å². The third kappa shape index (κ3) is 1.16. The molecule has 0 aliphatic heterocycles. The van der Waals surface area contributed by atoms with Gasteiger partial charge in [-0.05, 0) is 24.6 Å². The lowest BCUT2D eigenvalue weighted by Gasteiger charge is -1.88. The summed E-state index contributed by atoms with van der Waals surface area (Å²) in [5, 5.41) is 0.732. The van der Waals surface area contributed by atoms with Crippen molar-refractivity contribution in [1.29, 1.82) is 0 Å². The van der Waals surface area contributed by atoms with Gasteiger partial charge in [-0.25, -0.2) is 4.98 Å². The van der Waals surface area contributed by atoms with Crippen LogP contribution in [0.4, 0.5) is 0 Å². The zero-order valence-electron chi connectivity index (χ0n) is 7.00. The highest BCUT2D eigenvalue weighted by Crippen LogP contribution is 2.27. The number of aryl methyl sites for hydroxylation is 1. The van der Waals surface area contributed by atoms with E-state index in [0.29, 0.717) is 0 Å². The second kappa shape index (κ2) is 2.75. The molecule has 2 aromatic rings. The molecule has 0 amide bonds. The average molecular weight is 179 g/mol. The number of hydrogen-bond donors (Lipinski definition) is 0. The summed E-state index contributed by atoms with van der Waals surface area (Å²) in [7, 11) is 1.64. The Labute approximate surface area is 74.8 Å². The number of ether oxygens (including phenoxy) is 1. The topological polar surface area (TPSA) is 22.1 Å². The number of thiazole rings is 1. The van der Waals surface area contributed by atoms with E-state index in [2.05, 4.69) is 30.1 Å². The smallest absolute Gasteiger partial charge is 0.274 e. The molecule has 0 N–H and O–H groups in total. The highest BCUT2D eigenvalue weighted by atomic mass is 32.1. The summed E-state index contributed by atoms with van der Waals surface area (Å²) in [5.41, 5.74) is 2.26. The minimum Gasteiger partial charge on any atom is -0.473 e. The lowest BCUT2D eigenvalue weighted by Crippen LogP contribution is -1.78. The van der Waals surface area contributed by atoms with Crippen molar-refractivity contribution in [3.8, 4) is 5.19 Å². The normalized spacial score (nSPS) is 10.5. The first kappa shape index (κ1) is 7.55. The molecule has 0 bridgehead atoms. The van der Waals surface area contributed by atoms with Crippen molar-refractivity contribution in [2.75, 3.05) is 7.11 Å². The largest absolute Gasteiger partial charge is 0.473 e. The predicted octanol–water partition coefficient (Wildman–Crippen LogP) is 2.61. The van der Waals surface area contributed by atoms with Gasteiger partial charge in [-0.2, -0.15) is 0 Å². The Morgan fingerprint density at radius 3 is 3.00 bits per heavy atom. The molecule has 3 heteroatoms. The molecule has 0 radical (unpaired) electrons. The standard InChI is InChI=1S/C9H9NOS/c1-6-3-4-8-7(5-6)10-9(11-2)12-8/h3-5H,1-2H3. The maximum absolute atomic E-state index is 5.05. The molecule has 0 unspecified atom stereocenters. The second-order valence-corrected chi connectivity index (χ2v) is 3.65. The molecule has 0 fully saturated rings. The Hall–Kier alpha value is -1.09. The van der Waals surface area contributed by atoms with Crippen LogP contribution in [0.15, 0.2) is 18.2 Å². The monoisotopic (exact) mass is 179 g/mol. The average Bonchev–Trinajstić information content (AvgIpc) is 2.46. The summed E-state index contributed by atoms with van der Waals surface area (Å²) in [6.45, 7) is 2.06. The van der Waals surface area contributed by atoms with Crippen LogP contribution in [0.3, 0.4) is 0 Å². The third-order valence-corrected chi connectivity index (χ3v) is 2.70. The maximum atomic E-state index is 5.05. The van der Waals surface area contributed by atoms with Crippen LogP contribution >= 0.6 is 11.3 Å². The van der Waals surface area contributed by atoms with Crippen molar-refractivity contribution in [2.45, 2.75) is 6.92 Å². The summed E-state index contributed by atoms with van der Waals surface area (Å²) in [4.78, 5) is 4.29. The van der Waals surface area contributed by atoms with Gasteiger partial charge >= 0.3 is 0 Å². The van der Waals surface area contributed by atoms with Crippen molar-refractivity contribution in [2.24, 2.45) is 0 Å². The van der Waals surface area contributed by atoms with Crippen LogP contribution in [0.1, 0.15) is 5.56 Å². The molecular formula is C9H9NOS. The first-order valence-corrected chi connectivity index (χ1v) is 4.52. The van der Waals surface area contributed by atoms with Crippen molar-refractivity contribution >= 4 is 21.6 Å². The van der Waals surface area contributed by atoms with E-state index in [1.807, 2.05) is 0 Å². The Kier molecular flexibility index (Phi) is 1.73. The summed E-state index contributed by atoms with van der Waals surface area (Å²) in [5.74, 6) is 0. The van der Waals surface area contributed by atoms with E-state index in [-0.39, 0.29) is 0 Å². The van der Waals surface area contributed by atoms with Gasteiger partial charge in [0.1, 0.15) is 0 Å². The Bertz CT molecular complexity index is 408. The lowest BCUT2D eigenvalue weighted by molar-refractivity contribution is 0.413. The van der Waals surface area contributed by atoms with E-state index >= 15 is 0 Å². The van der Waals surface area contributed by atoms with Gasteiger partial charge in [0, 0.05) is 0 Å². The van der Waals surface area contributed by atoms with E-state index in [4.69, 9.17) is 4.74 Å². The first-order valence-electron chi connectivity index (χ1n) is 3.71. The molecule has 2 rings (SSSR count). The molecule has 0 saturated heterocycles. The van der Waals surface area contributed by atoms with Gasteiger partial charge < -0.3 is 4.74 Å². The third-order valence-electron chi connectivity index (χ3n) is 1.70. The molecule has 0 atom stereocenters. The minimum atomic E-state index is 0.732. The predicted molar refractivity (Wildman–Crippen MR) is 50.9 cm³/mol. The van der Waals surface area contributed by atoms with Crippen molar-refractivity contribution in [1.82, 2.24) is 4.98 Å². The summed E-state index contributed by atoms with van der Waals surface area (Å²) in [6, 6.07) is 6.22. The van der Waals surface area contributed by atoms with Crippen LogP contribution in [0.2, 0.25) is 0 Å². The van der Waals surface area contributed by atoms with Gasteiger partial charge in [0.05, 0.1) is 17.3 Å². The van der Waals surface area contributed by atoms with Crippen LogP contribution in [-0.2, 0) is 0 Å². The van der Waals surface area contributed by atoms with Gasteiger partial charge in [-0.1, -0.05) is 17.4 Å². The van der Waals surface area contributed by atoms with Crippen LogP contribution in [0.25, 0.3) is 10.2 Å². The Morgan fingerprint density at radius 1 is 1.42 bits per heavy atom. The van der Waals surface area contributed by atoms with Gasteiger partial charge in [0.25, 0.3) is 5.19 Å². The van der Waals surface area contributed by atoms with E-state index < -0.39 is 0 Å². The van der Waals surface area contributed by atoms with Crippen LogP contribution < -0.4 is 4.74 Å². The van der Waals surface area contributed by atoms with Gasteiger partial charge in [-0.15, -0.1) is 0 Å². The molecule has 1 aromatic carbocycles. The van der Waals surface area contributed by atoms with Gasteiger partial charge in [-0.3, -0.25) is 0 Å². The molecule has 0 aliphatic carbocycles. The number of benzene rings is 1. The van der Waals surface area contributed by atoms with Gasteiger partial charge in [0.15, 0.2) is 0 Å². The number of hydrogen-bond acceptors (Lipinski definition) is 3. The van der Waals surface area contributed by atoms with E-state index in [0.717, 1.165) is 10.7 Å². The van der Waals surface area contributed by atoms with E-state index in [9.17, 15) is 0 Å². The summed E-state index contributed by atoms with van der Waals surface area (Å²) >= 11 is 1.57. The lowest BCUT2D eigenvalue weighted by atomic mass is 10.2. The van der Waals surface area contributed by atoms with Crippen LogP contribution in [0, 0.1) is 6.92 Å². The molecule has 1 aromatic heterocycles. The molecule has 0 aliphatic rings. The minimum absolute atomic E-state index is 0.732. The zero-order valence-corrected chi connectivity index (χ0v) is 7.81. The number of nitrogens with zero attached hydrogens (tertiary/aromatic N) is 1. The van der Waals surface area contributed by atoms with Crippen molar-refractivity contribution < 1.29 is 4.74 Å². The van der Waals surface area contributed by atoms with E-state index in [1.54, 1.807) is 18.4 Å². The molecule has 0 spiro atoms. The molecule has 1 heterocycles. The van der Waals surface area contributed by atoms with Crippen molar-refractivity contribution in [3.05, 3.63) is 23.8 Å². The quantitative estimate of drug-likeness (QED) is 0.671. The Balaban J connectivity index is 2.67. The van der Waals surface area contributed by atoms with Gasteiger partial charge in [0.2, 0.25) is 0 Å². The van der Waals surface area contributed by atoms with Crippen LogP contribution in [-0.4, -0.2) is 12.1 Å². The first-order chi connectivity index (χ1) is 5.79. The SMILES string of the molecule is COc1nc2cc(C)ccc2s1. The fourth-order valence-corrected chi connectivity index (χ4v) is 1.86. The zero-order chi connectivity index (χ0) is 8.55. The maximum Gasteiger partial charge on any atom is 0.274 e. The molecule has 12 heavy (non-hydrogen) atoms. The summed E-state index contributed by atoms with van der Waals surface area (Å²) in [6.07, 6.45) is 0. The second-order valence-electron chi connectivity index (χ2n) is 2.66. The highest BCUT2D eigenvalue weighted by molar-refractivity contribution is 7.20. The number of rotatable bonds is 1. The summed E-state index contributed by atoms with van der Waals surface area (Å²) < 4.78 is 6.22. The highest BCUT2D eigenvalue weighted by Gasteiger charge is 2.02. The number of fused-ring (bicyclic) bond motifs is 1. The molecule has 62 valence electrons.